The maximum absolute atomic E-state index is 10.6. The first-order chi connectivity index (χ1) is 14.1. The normalized spacial score (nSPS) is 24.6. The molecule has 11 heteroatoms. The van der Waals surface area contributed by atoms with Gasteiger partial charge >= 0.3 is 0 Å². The average Bonchev–Trinajstić information content (AvgIpc) is 3.38. The molecule has 29 heavy (non-hydrogen) atoms. The maximum atomic E-state index is 10.6. The molecule has 4 atom stereocenters. The van der Waals surface area contributed by atoms with E-state index in [4.69, 9.17) is 25.8 Å². The quantitative estimate of drug-likeness (QED) is 0.605. The molecule has 0 spiro atoms. The zero-order valence-electron chi connectivity index (χ0n) is 14.9. The Kier molecular flexibility index (Phi) is 4.88. The molecule has 1 unspecified atom stereocenters. The first-order valence-electron chi connectivity index (χ1n) is 8.91. The van der Waals surface area contributed by atoms with Crippen molar-refractivity contribution in [1.82, 2.24) is 15.0 Å². The number of nitrogens with one attached hydrogen (secondary N) is 1. The Labute approximate surface area is 172 Å². The van der Waals surface area contributed by atoms with E-state index in [2.05, 4.69) is 19.1 Å². The molecule has 0 saturated carbocycles. The molecule has 1 aromatic carbocycles. The maximum Gasteiger partial charge on any atom is 0.296 e. The highest BCUT2D eigenvalue weighted by atomic mass is 35.5. The summed E-state index contributed by atoms with van der Waals surface area (Å²) in [6.45, 7) is 1.12. The lowest BCUT2D eigenvalue weighted by Gasteiger charge is -2.15. The van der Waals surface area contributed by atoms with E-state index < -0.39 is 11.4 Å². The van der Waals surface area contributed by atoms with Crippen LogP contribution in [0.3, 0.4) is 0 Å². The van der Waals surface area contributed by atoms with Crippen molar-refractivity contribution in [3.05, 3.63) is 35.4 Å². The Morgan fingerprint density at radius 1 is 1.24 bits per heavy atom. The van der Waals surface area contributed by atoms with Gasteiger partial charge in [-0.2, -0.15) is 4.98 Å². The van der Waals surface area contributed by atoms with Gasteiger partial charge < -0.3 is 27.9 Å². The van der Waals surface area contributed by atoms with E-state index in [0.717, 1.165) is 6.42 Å². The van der Waals surface area contributed by atoms with Crippen LogP contribution in [0.2, 0.25) is 5.02 Å². The van der Waals surface area contributed by atoms with Crippen molar-refractivity contribution >= 4 is 34.1 Å². The van der Waals surface area contributed by atoms with E-state index in [1.165, 1.54) is 12.1 Å². The molecule has 9 nitrogen and oxygen atoms in total. The van der Waals surface area contributed by atoms with E-state index >= 15 is 0 Å². The lowest BCUT2D eigenvalue weighted by atomic mass is 10.1. The number of nitrogens with zero attached hydrogens (tertiary/aromatic N) is 2. The van der Waals surface area contributed by atoms with E-state index in [0.29, 0.717) is 46.7 Å². The van der Waals surface area contributed by atoms with E-state index in [9.17, 15) is 8.76 Å². The molecule has 2 saturated heterocycles. The molecule has 152 valence electrons. The van der Waals surface area contributed by atoms with Crippen molar-refractivity contribution in [3.63, 3.8) is 0 Å². The summed E-state index contributed by atoms with van der Waals surface area (Å²) in [6, 6.07) is 8.41. The second-order valence-corrected chi connectivity index (χ2v) is 7.68. The summed E-state index contributed by atoms with van der Waals surface area (Å²) in [7, 11) is 0. The second-order valence-electron chi connectivity index (χ2n) is 6.70. The number of halogens is 1. The predicted octanol–water partition coefficient (Wildman–Crippen LogP) is 2.39. The molecule has 2 aliphatic heterocycles. The zero-order valence-corrected chi connectivity index (χ0v) is 16.4. The molecule has 2 fully saturated rings. The highest BCUT2D eigenvalue weighted by Crippen LogP contribution is 2.32. The lowest BCUT2D eigenvalue weighted by Crippen LogP contribution is -2.32. The Morgan fingerprint density at radius 2 is 2.07 bits per heavy atom. The van der Waals surface area contributed by atoms with E-state index in [1.54, 1.807) is 18.2 Å². The molecule has 4 heterocycles. The minimum Gasteiger partial charge on any atom is -0.740 e. The van der Waals surface area contributed by atoms with Gasteiger partial charge in [0, 0.05) is 12.2 Å². The number of H-pyrrole nitrogens is 1. The largest absolute Gasteiger partial charge is 0.740 e. The monoisotopic (exact) mass is 436 g/mol. The van der Waals surface area contributed by atoms with Gasteiger partial charge in [-0.15, -0.1) is 0 Å². The van der Waals surface area contributed by atoms with Crippen molar-refractivity contribution in [3.8, 4) is 23.0 Å². The first-order valence-corrected chi connectivity index (χ1v) is 10.3. The fourth-order valence-corrected chi connectivity index (χ4v) is 4.10. The summed E-state index contributed by atoms with van der Waals surface area (Å²) < 4.78 is 43.2. The first kappa shape index (κ1) is 18.8. The van der Waals surface area contributed by atoms with E-state index in [-0.39, 0.29) is 24.1 Å². The Bertz CT molecular complexity index is 1080. The second kappa shape index (κ2) is 7.54. The number of hydrogen-bond donors (Lipinski definition) is 1. The molecule has 0 bridgehead atoms. The smallest absolute Gasteiger partial charge is 0.296 e. The van der Waals surface area contributed by atoms with Crippen molar-refractivity contribution in [2.24, 2.45) is 0 Å². The molecule has 0 amide bonds. The summed E-state index contributed by atoms with van der Waals surface area (Å²) in [5.41, 5.74) is 2.29. The topological polar surface area (TPSA) is 119 Å². The molecule has 1 N–H and O–H groups in total. The highest BCUT2D eigenvalue weighted by molar-refractivity contribution is 7.74. The summed E-state index contributed by atoms with van der Waals surface area (Å²) >= 11 is 3.76. The Morgan fingerprint density at radius 3 is 2.86 bits per heavy atom. The van der Waals surface area contributed by atoms with Crippen LogP contribution in [-0.4, -0.2) is 55.2 Å². The highest BCUT2D eigenvalue weighted by Gasteiger charge is 2.43. The fraction of sp³-hybridized carbons (Fsp3) is 0.333. The summed E-state index contributed by atoms with van der Waals surface area (Å²) in [5, 5.41) is 0.414. The van der Waals surface area contributed by atoms with Crippen LogP contribution in [0.15, 0.2) is 30.3 Å². The van der Waals surface area contributed by atoms with Crippen LogP contribution in [-0.2, 0) is 20.8 Å². The van der Waals surface area contributed by atoms with Crippen LogP contribution in [0.1, 0.15) is 6.42 Å². The fourth-order valence-electron chi connectivity index (χ4n) is 3.58. The Hall–Kier alpha value is -2.24. The van der Waals surface area contributed by atoms with Gasteiger partial charge in [-0.1, -0.05) is 11.6 Å². The van der Waals surface area contributed by atoms with Gasteiger partial charge in [0.1, 0.15) is 23.2 Å². The molecule has 0 radical (unpaired) electrons. The number of rotatable bonds is 5. The van der Waals surface area contributed by atoms with Gasteiger partial charge in [-0.05, 0) is 36.8 Å². The van der Waals surface area contributed by atoms with Gasteiger partial charge in [0.2, 0.25) is 0 Å². The minimum absolute atomic E-state index is 0.0783. The third kappa shape index (κ3) is 3.69. The standard InChI is InChI=1S/C18H16ClN3O6S/c19-11-7-12-17(21-15(11)9-1-3-10(4-2-9)28-29(23)24)22-18(20-12)27-14-8-26-13-5-6-25-16(13)14/h1-4,7,13-14,16H,5-6,8H2,(H,23,24)(H,20,21,22)/p-1/t13-,14-,16+/m1/s1. The number of imidazole rings is 1. The molecular weight excluding hydrogens is 422 g/mol. The SMILES string of the molecule is O=S([O-])Oc1ccc(-c2nc3nc(O[C@@H]4CO[C@@H]5CCO[C@@H]54)[nH]c3cc2Cl)cc1. The van der Waals surface area contributed by atoms with Crippen LogP contribution in [0.4, 0.5) is 0 Å². The van der Waals surface area contributed by atoms with Crippen molar-refractivity contribution in [2.45, 2.75) is 24.7 Å². The predicted molar refractivity (Wildman–Crippen MR) is 102 cm³/mol. The van der Waals surface area contributed by atoms with E-state index in [1.807, 2.05) is 0 Å². The number of aromatic amines is 1. The average molecular weight is 437 g/mol. The van der Waals surface area contributed by atoms with Crippen LogP contribution < -0.4 is 8.92 Å². The minimum atomic E-state index is -2.63. The van der Waals surface area contributed by atoms with Gasteiger partial charge in [-0.25, -0.2) is 9.19 Å². The third-order valence-corrected chi connectivity index (χ3v) is 5.50. The van der Waals surface area contributed by atoms with Gasteiger partial charge in [0.25, 0.3) is 6.01 Å². The number of benzene rings is 1. The lowest BCUT2D eigenvalue weighted by molar-refractivity contribution is 0.0273. The zero-order chi connectivity index (χ0) is 20.0. The number of hydrogen-bond acceptors (Lipinski definition) is 8. The molecule has 3 aromatic rings. The number of pyridine rings is 1. The molecule has 5 rings (SSSR count). The van der Waals surface area contributed by atoms with Gasteiger partial charge in [-0.3, -0.25) is 0 Å². The summed E-state index contributed by atoms with van der Waals surface area (Å²) in [5.74, 6) is 0.195. The molecular formula is C18H15ClN3O6S-. The Balaban J connectivity index is 1.40. The van der Waals surface area contributed by atoms with Crippen LogP contribution in [0.25, 0.3) is 22.4 Å². The molecule has 2 aromatic heterocycles. The summed E-state index contributed by atoms with van der Waals surface area (Å²) in [6.07, 6.45) is 0.644. The van der Waals surface area contributed by atoms with Crippen LogP contribution in [0.5, 0.6) is 11.8 Å². The van der Waals surface area contributed by atoms with Crippen LogP contribution >= 0.6 is 11.6 Å². The third-order valence-electron chi connectivity index (χ3n) is 4.88. The number of ether oxygens (including phenoxy) is 3. The van der Waals surface area contributed by atoms with Crippen LogP contribution in [0, 0.1) is 0 Å². The number of aromatic nitrogens is 3. The van der Waals surface area contributed by atoms with Crippen molar-refractivity contribution in [1.29, 1.82) is 0 Å². The molecule has 2 aliphatic rings. The van der Waals surface area contributed by atoms with Crippen molar-refractivity contribution in [2.75, 3.05) is 13.2 Å². The number of fused-ring (bicyclic) bond motifs is 2. The van der Waals surface area contributed by atoms with Gasteiger partial charge in [0.15, 0.2) is 11.8 Å². The molecule has 0 aliphatic carbocycles. The summed E-state index contributed by atoms with van der Waals surface area (Å²) in [4.78, 5) is 12.0. The van der Waals surface area contributed by atoms with Gasteiger partial charge in [0.05, 0.1) is 28.9 Å². The van der Waals surface area contributed by atoms with Crippen molar-refractivity contribution < 1.29 is 27.2 Å².